The second-order valence-electron chi connectivity index (χ2n) is 2.47. The van der Waals surface area contributed by atoms with Gasteiger partial charge in [-0.05, 0) is 12.2 Å². The van der Waals surface area contributed by atoms with Crippen LogP contribution in [-0.2, 0) is 0 Å². The number of hydrogen-bond acceptors (Lipinski definition) is 1. The van der Waals surface area contributed by atoms with Crippen LogP contribution in [0.3, 0.4) is 0 Å². The Morgan fingerprint density at radius 2 is 1.80 bits per heavy atom. The van der Waals surface area contributed by atoms with Crippen LogP contribution in [0.15, 0.2) is 0 Å². The van der Waals surface area contributed by atoms with Gasteiger partial charge >= 0.3 is 0 Å². The van der Waals surface area contributed by atoms with Crippen LogP contribution >= 0.6 is 12.6 Å². The first kappa shape index (κ1) is 10.6. The third kappa shape index (κ3) is 4.43. The normalized spacial score (nSPS) is 14.9. The summed E-state index contributed by atoms with van der Waals surface area (Å²) >= 11 is 4.01. The zero-order valence-electron chi connectivity index (χ0n) is 5.96. The predicted molar refractivity (Wildman–Crippen MR) is 52.5 cm³/mol. The summed E-state index contributed by atoms with van der Waals surface area (Å²) < 4.78 is 0. The fourth-order valence-corrected chi connectivity index (χ4v) is 0.744. The summed E-state index contributed by atoms with van der Waals surface area (Å²) in [4.78, 5) is 0. The van der Waals surface area contributed by atoms with Crippen molar-refractivity contribution in [2.24, 2.45) is 0 Å². The molecule has 46 valence electrons. The molecule has 1 atom stereocenters. The summed E-state index contributed by atoms with van der Waals surface area (Å²) in [5.41, 5.74) is 0. The van der Waals surface area contributed by atoms with E-state index >= 15 is 0 Å². The molecule has 0 N–H and O–H groups in total. The quantitative estimate of drug-likeness (QED) is 0.423. The minimum Gasteiger partial charge on any atom is -0.179 e. The van der Waals surface area contributed by atoms with E-state index < -0.39 is 5.11 Å². The Morgan fingerprint density at radius 1 is 1.30 bits per heavy atom. The van der Waals surface area contributed by atoms with E-state index in [9.17, 15) is 0 Å². The van der Waals surface area contributed by atoms with Gasteiger partial charge in [-0.3, -0.25) is 0 Å². The van der Waals surface area contributed by atoms with Gasteiger partial charge in [-0.25, -0.2) is 0 Å². The summed E-state index contributed by atoms with van der Waals surface area (Å²) in [5.74, 6) is 0.434. The standard InChI is InChI=1S/C5H8B4S/c6-4(2-1-3-10)5(7,8)9/h4,10H,1-3H2. The van der Waals surface area contributed by atoms with Gasteiger partial charge in [0.2, 0.25) is 0 Å². The van der Waals surface area contributed by atoms with Crippen LogP contribution in [0, 0.1) is 0 Å². The highest BCUT2D eigenvalue weighted by Crippen LogP contribution is 2.30. The zero-order chi connectivity index (χ0) is 8.20. The van der Waals surface area contributed by atoms with Crippen LogP contribution in [0.2, 0.25) is 10.9 Å². The molecule has 0 heterocycles. The average Bonchev–Trinajstić information content (AvgIpc) is 1.80. The molecule has 0 aliphatic rings. The molecule has 0 aromatic rings. The van der Waals surface area contributed by atoms with Crippen LogP contribution in [0.25, 0.3) is 0 Å². The molecule has 8 radical (unpaired) electrons. The molecule has 0 aliphatic heterocycles. The monoisotopic (exact) mass is 144 g/mol. The van der Waals surface area contributed by atoms with Gasteiger partial charge < -0.3 is 0 Å². The maximum atomic E-state index is 5.53. The molecule has 0 rings (SSSR count). The van der Waals surface area contributed by atoms with E-state index in [0.29, 0.717) is 6.42 Å². The van der Waals surface area contributed by atoms with E-state index in [2.05, 4.69) is 12.6 Å². The van der Waals surface area contributed by atoms with Crippen LogP contribution < -0.4 is 0 Å². The molecule has 0 aromatic heterocycles. The van der Waals surface area contributed by atoms with Crippen molar-refractivity contribution in [1.82, 2.24) is 0 Å². The first-order valence-electron chi connectivity index (χ1n) is 3.21. The van der Waals surface area contributed by atoms with E-state index in [-0.39, 0.29) is 5.82 Å². The van der Waals surface area contributed by atoms with Crippen molar-refractivity contribution in [2.75, 3.05) is 5.75 Å². The molecule has 5 heteroatoms. The van der Waals surface area contributed by atoms with E-state index in [0.717, 1.165) is 12.2 Å². The van der Waals surface area contributed by atoms with Crippen LogP contribution in [-0.4, -0.2) is 37.1 Å². The molecule has 10 heavy (non-hydrogen) atoms. The van der Waals surface area contributed by atoms with Gasteiger partial charge in [0.1, 0.15) is 0 Å². The fourth-order valence-electron chi connectivity index (χ4n) is 0.561. The molecule has 1 unspecified atom stereocenters. The van der Waals surface area contributed by atoms with Crippen molar-refractivity contribution in [1.29, 1.82) is 0 Å². The lowest BCUT2D eigenvalue weighted by atomic mass is 9.34. The van der Waals surface area contributed by atoms with Crippen molar-refractivity contribution < 1.29 is 0 Å². The molecule has 0 amide bonds. The van der Waals surface area contributed by atoms with Crippen LogP contribution in [0.4, 0.5) is 0 Å². The molecule has 0 spiro atoms. The van der Waals surface area contributed by atoms with Crippen molar-refractivity contribution in [3.8, 4) is 0 Å². The Labute approximate surface area is 74.0 Å². The van der Waals surface area contributed by atoms with Crippen LogP contribution in [0.5, 0.6) is 0 Å². The lowest BCUT2D eigenvalue weighted by Crippen LogP contribution is -2.20. The summed E-state index contributed by atoms with van der Waals surface area (Å²) in [7, 11) is 21.5. The summed E-state index contributed by atoms with van der Waals surface area (Å²) in [6, 6.07) is 0. The smallest absolute Gasteiger partial charge is 0.0677 e. The van der Waals surface area contributed by atoms with Gasteiger partial charge in [-0.1, -0.05) is 12.2 Å². The summed E-state index contributed by atoms with van der Waals surface area (Å²) in [6.07, 6.45) is 1.60. The van der Waals surface area contributed by atoms with Crippen LogP contribution in [0.1, 0.15) is 12.8 Å². The van der Waals surface area contributed by atoms with Crippen molar-refractivity contribution in [3.05, 3.63) is 0 Å². The third-order valence-corrected chi connectivity index (χ3v) is 1.63. The highest BCUT2D eigenvalue weighted by molar-refractivity contribution is 7.80. The molecule has 0 fully saturated rings. The first-order chi connectivity index (χ1) is 4.48. The molecule has 0 aromatic carbocycles. The molecule has 0 nitrogen and oxygen atoms in total. The van der Waals surface area contributed by atoms with Gasteiger partial charge in [0.15, 0.2) is 0 Å². The Hall–Kier alpha value is 0.610. The number of thiol groups is 1. The maximum absolute atomic E-state index is 5.53. The van der Waals surface area contributed by atoms with Gasteiger partial charge in [0, 0.05) is 0 Å². The zero-order valence-corrected chi connectivity index (χ0v) is 6.85. The number of hydrogen-bond donors (Lipinski definition) is 1. The fraction of sp³-hybridized carbons (Fsp3) is 1.00. The second-order valence-corrected chi connectivity index (χ2v) is 2.92. The molecular formula is C5H8B4S. The Bertz CT molecular complexity index is 90.1. The maximum Gasteiger partial charge on any atom is 0.0677 e. The second kappa shape index (κ2) is 4.48. The van der Waals surface area contributed by atoms with E-state index in [1.165, 1.54) is 0 Å². The molecule has 0 bridgehead atoms. The first-order valence-corrected chi connectivity index (χ1v) is 3.84. The summed E-state index contributed by atoms with van der Waals surface area (Å²) in [5, 5.41) is -1.25. The number of rotatable bonds is 4. The van der Waals surface area contributed by atoms with E-state index in [4.69, 9.17) is 31.4 Å². The highest BCUT2D eigenvalue weighted by atomic mass is 32.1. The minimum atomic E-state index is -1.25. The van der Waals surface area contributed by atoms with Crippen molar-refractivity contribution >= 4 is 44.0 Å². The van der Waals surface area contributed by atoms with Gasteiger partial charge in [0.25, 0.3) is 0 Å². The van der Waals surface area contributed by atoms with E-state index in [1.807, 2.05) is 0 Å². The molecule has 0 aliphatic carbocycles. The van der Waals surface area contributed by atoms with Gasteiger partial charge in [0.05, 0.1) is 31.4 Å². The van der Waals surface area contributed by atoms with Crippen molar-refractivity contribution in [3.63, 3.8) is 0 Å². The minimum absolute atomic E-state index is 0.348. The molecule has 0 saturated heterocycles. The highest BCUT2D eigenvalue weighted by Gasteiger charge is 2.16. The SMILES string of the molecule is [B]C(CCCS)C([B])([B])[B]. The Balaban J connectivity index is 3.52. The largest absolute Gasteiger partial charge is 0.179 e. The predicted octanol–water partition coefficient (Wildman–Crippen LogP) is 0.233. The topological polar surface area (TPSA) is 0 Å². The van der Waals surface area contributed by atoms with Crippen molar-refractivity contribution in [2.45, 2.75) is 23.8 Å². The lowest BCUT2D eigenvalue weighted by molar-refractivity contribution is 0.730. The third-order valence-electron chi connectivity index (χ3n) is 1.32. The van der Waals surface area contributed by atoms with Gasteiger partial charge in [-0.15, -0.1) is 5.11 Å². The molecular weight excluding hydrogens is 135 g/mol. The van der Waals surface area contributed by atoms with E-state index in [1.54, 1.807) is 0 Å². The lowest BCUT2D eigenvalue weighted by Gasteiger charge is -2.28. The summed E-state index contributed by atoms with van der Waals surface area (Å²) in [6.45, 7) is 0. The molecule has 0 saturated carbocycles. The Kier molecular flexibility index (Phi) is 4.75. The average molecular weight is 143 g/mol. The van der Waals surface area contributed by atoms with Gasteiger partial charge in [-0.2, -0.15) is 12.6 Å². The Morgan fingerprint density at radius 3 is 2.10 bits per heavy atom.